The number of hydrogen-bond donors (Lipinski definition) is 2. The molecule has 2 N–H and O–H groups in total. The molecule has 0 aliphatic heterocycles. The van der Waals surface area contributed by atoms with E-state index in [9.17, 15) is 5.11 Å². The van der Waals surface area contributed by atoms with Gasteiger partial charge in [-0.15, -0.1) is 0 Å². The maximum atomic E-state index is 9.18. The average molecular weight is 234 g/mol. The fourth-order valence-corrected chi connectivity index (χ4v) is 1.49. The molecule has 2 aromatic rings. The monoisotopic (exact) mass is 234 g/mol. The lowest BCUT2D eigenvalue weighted by Gasteiger charge is -1.97. The molecule has 0 fully saturated rings. The van der Waals surface area contributed by atoms with Crippen LogP contribution in [-0.4, -0.2) is 26.5 Å². The number of hydrogen-bond acceptors (Lipinski definition) is 5. The number of phenols is 1. The molecule has 0 saturated carbocycles. The summed E-state index contributed by atoms with van der Waals surface area (Å²) in [5.74, 6) is 1.25. The Balaban J connectivity index is 2.03. The van der Waals surface area contributed by atoms with Crippen molar-refractivity contribution in [2.24, 2.45) is 0 Å². The molecule has 5 nitrogen and oxygen atoms in total. The van der Waals surface area contributed by atoms with Crippen molar-refractivity contribution in [3.05, 3.63) is 41.5 Å². The minimum absolute atomic E-state index is 0.233. The SMILES string of the molecule is CC(O)Cc1nc(Cc2ccc(O)cc2)no1. The van der Waals surface area contributed by atoms with Crippen molar-refractivity contribution in [3.8, 4) is 5.75 Å². The number of benzene rings is 1. The van der Waals surface area contributed by atoms with Gasteiger partial charge in [-0.1, -0.05) is 17.3 Å². The number of aliphatic hydroxyl groups is 1. The van der Waals surface area contributed by atoms with Crippen molar-refractivity contribution in [2.75, 3.05) is 0 Å². The topological polar surface area (TPSA) is 79.4 Å². The summed E-state index contributed by atoms with van der Waals surface area (Å²) in [6.45, 7) is 1.67. The first-order valence-electron chi connectivity index (χ1n) is 5.41. The van der Waals surface area contributed by atoms with E-state index < -0.39 is 6.10 Å². The van der Waals surface area contributed by atoms with Gasteiger partial charge in [0.2, 0.25) is 5.89 Å². The largest absolute Gasteiger partial charge is 0.508 e. The van der Waals surface area contributed by atoms with Crippen molar-refractivity contribution in [2.45, 2.75) is 25.9 Å². The first-order valence-corrected chi connectivity index (χ1v) is 5.41. The van der Waals surface area contributed by atoms with Crippen molar-refractivity contribution < 1.29 is 14.7 Å². The van der Waals surface area contributed by atoms with Crippen molar-refractivity contribution in [3.63, 3.8) is 0 Å². The lowest BCUT2D eigenvalue weighted by Crippen LogP contribution is -2.04. The van der Waals surface area contributed by atoms with E-state index in [4.69, 9.17) is 9.63 Å². The highest BCUT2D eigenvalue weighted by molar-refractivity contribution is 5.27. The Kier molecular flexibility index (Phi) is 3.39. The summed E-state index contributed by atoms with van der Waals surface area (Å²) in [5, 5.41) is 22.2. The highest BCUT2D eigenvalue weighted by atomic mass is 16.5. The fraction of sp³-hybridized carbons (Fsp3) is 0.333. The molecule has 2 rings (SSSR count). The number of rotatable bonds is 4. The maximum Gasteiger partial charge on any atom is 0.229 e. The van der Waals surface area contributed by atoms with E-state index in [1.165, 1.54) is 0 Å². The van der Waals surface area contributed by atoms with E-state index in [1.807, 2.05) is 0 Å². The smallest absolute Gasteiger partial charge is 0.229 e. The van der Waals surface area contributed by atoms with Crippen molar-refractivity contribution >= 4 is 0 Å². The Morgan fingerprint density at radius 2 is 2.00 bits per heavy atom. The number of phenolic OH excluding ortho intramolecular Hbond substituents is 1. The molecule has 1 aromatic carbocycles. The van der Waals surface area contributed by atoms with Crippen LogP contribution in [0.5, 0.6) is 5.75 Å². The van der Waals surface area contributed by atoms with Crippen LogP contribution in [0.4, 0.5) is 0 Å². The van der Waals surface area contributed by atoms with Gasteiger partial charge in [-0.05, 0) is 24.6 Å². The van der Waals surface area contributed by atoms with E-state index >= 15 is 0 Å². The minimum Gasteiger partial charge on any atom is -0.508 e. The van der Waals surface area contributed by atoms with Gasteiger partial charge < -0.3 is 14.7 Å². The molecule has 1 aromatic heterocycles. The van der Waals surface area contributed by atoms with E-state index in [0.29, 0.717) is 24.6 Å². The molecule has 17 heavy (non-hydrogen) atoms. The lowest BCUT2D eigenvalue weighted by molar-refractivity contribution is 0.181. The van der Waals surface area contributed by atoms with Gasteiger partial charge in [0.15, 0.2) is 5.82 Å². The maximum absolute atomic E-state index is 9.18. The molecule has 0 aliphatic carbocycles. The molecule has 0 radical (unpaired) electrons. The van der Waals surface area contributed by atoms with Crippen LogP contribution in [0.2, 0.25) is 0 Å². The molecule has 0 amide bonds. The lowest BCUT2D eigenvalue weighted by atomic mass is 10.1. The molecule has 90 valence electrons. The van der Waals surface area contributed by atoms with Gasteiger partial charge in [0.25, 0.3) is 0 Å². The zero-order valence-corrected chi connectivity index (χ0v) is 9.50. The van der Waals surface area contributed by atoms with Gasteiger partial charge in [0, 0.05) is 6.42 Å². The summed E-state index contributed by atoms with van der Waals surface area (Å²) in [6.07, 6.45) is 0.420. The number of aromatic nitrogens is 2. The minimum atomic E-state index is -0.489. The zero-order chi connectivity index (χ0) is 12.3. The predicted octanol–water partition coefficient (Wildman–Crippen LogP) is 1.29. The van der Waals surface area contributed by atoms with Crippen LogP contribution in [0, 0.1) is 0 Å². The van der Waals surface area contributed by atoms with E-state index in [-0.39, 0.29) is 5.75 Å². The van der Waals surface area contributed by atoms with Crippen LogP contribution < -0.4 is 0 Å². The number of aromatic hydroxyl groups is 1. The molecule has 0 spiro atoms. The third kappa shape index (κ3) is 3.29. The van der Waals surface area contributed by atoms with E-state index in [2.05, 4.69) is 10.1 Å². The second-order valence-corrected chi connectivity index (χ2v) is 4.00. The van der Waals surface area contributed by atoms with Crippen LogP contribution in [0.25, 0.3) is 0 Å². The predicted molar refractivity (Wildman–Crippen MR) is 60.6 cm³/mol. The van der Waals surface area contributed by atoms with Crippen LogP contribution in [0.3, 0.4) is 0 Å². The molecular formula is C12H14N2O3. The molecule has 0 aliphatic rings. The van der Waals surface area contributed by atoms with Gasteiger partial charge >= 0.3 is 0 Å². The normalized spacial score (nSPS) is 12.6. The molecule has 0 saturated heterocycles. The quantitative estimate of drug-likeness (QED) is 0.833. The van der Waals surface area contributed by atoms with E-state index in [0.717, 1.165) is 5.56 Å². The standard InChI is InChI=1S/C12H14N2O3/c1-8(15)6-12-13-11(14-17-12)7-9-2-4-10(16)5-3-9/h2-5,8,15-16H,6-7H2,1H3. The van der Waals surface area contributed by atoms with E-state index in [1.54, 1.807) is 31.2 Å². The summed E-state index contributed by atoms with van der Waals surface area (Å²) < 4.78 is 5.00. The van der Waals surface area contributed by atoms with Gasteiger partial charge in [-0.25, -0.2) is 0 Å². The Morgan fingerprint density at radius 3 is 2.65 bits per heavy atom. The Labute approximate surface area is 98.7 Å². The fourth-order valence-electron chi connectivity index (χ4n) is 1.49. The Morgan fingerprint density at radius 1 is 1.29 bits per heavy atom. The first-order chi connectivity index (χ1) is 8.13. The highest BCUT2D eigenvalue weighted by Crippen LogP contribution is 2.12. The average Bonchev–Trinajstić information content (AvgIpc) is 2.68. The van der Waals surface area contributed by atoms with Crippen LogP contribution in [0.15, 0.2) is 28.8 Å². The summed E-state index contributed by atoms with van der Waals surface area (Å²) in [7, 11) is 0. The van der Waals surface area contributed by atoms with Crippen molar-refractivity contribution in [1.82, 2.24) is 10.1 Å². The third-order valence-electron chi connectivity index (χ3n) is 2.28. The summed E-state index contributed by atoms with van der Waals surface area (Å²) in [4.78, 5) is 4.17. The molecule has 1 atom stereocenters. The van der Waals surface area contributed by atoms with Gasteiger partial charge in [0.1, 0.15) is 5.75 Å². The number of aliphatic hydroxyl groups excluding tert-OH is 1. The molecular weight excluding hydrogens is 220 g/mol. The second kappa shape index (κ2) is 4.97. The summed E-state index contributed by atoms with van der Waals surface area (Å²) >= 11 is 0. The van der Waals surface area contributed by atoms with Crippen LogP contribution in [-0.2, 0) is 12.8 Å². The van der Waals surface area contributed by atoms with Gasteiger partial charge in [-0.3, -0.25) is 0 Å². The molecule has 1 unspecified atom stereocenters. The summed E-state index contributed by atoms with van der Waals surface area (Å²) in [6, 6.07) is 6.85. The first kappa shape index (κ1) is 11.6. The highest BCUT2D eigenvalue weighted by Gasteiger charge is 2.09. The summed E-state index contributed by atoms with van der Waals surface area (Å²) in [5.41, 5.74) is 0.993. The zero-order valence-electron chi connectivity index (χ0n) is 9.50. The molecule has 5 heteroatoms. The van der Waals surface area contributed by atoms with Crippen LogP contribution >= 0.6 is 0 Å². The van der Waals surface area contributed by atoms with Crippen molar-refractivity contribution in [1.29, 1.82) is 0 Å². The van der Waals surface area contributed by atoms with Crippen LogP contribution in [0.1, 0.15) is 24.2 Å². The molecule has 0 bridgehead atoms. The number of nitrogens with zero attached hydrogens (tertiary/aromatic N) is 2. The van der Waals surface area contributed by atoms with Gasteiger partial charge in [-0.2, -0.15) is 4.98 Å². The Bertz CT molecular complexity index is 477. The second-order valence-electron chi connectivity index (χ2n) is 4.00. The van der Waals surface area contributed by atoms with Gasteiger partial charge in [0.05, 0.1) is 12.5 Å². The Hall–Kier alpha value is -1.88. The third-order valence-corrected chi connectivity index (χ3v) is 2.28. The molecule has 1 heterocycles.